The Hall–Kier alpha value is -2.43. The van der Waals surface area contributed by atoms with Gasteiger partial charge in [0.1, 0.15) is 33.7 Å². The lowest BCUT2D eigenvalue weighted by molar-refractivity contribution is -0.164. The number of carboxylic acid groups (broad SMARTS) is 1. The minimum atomic E-state index is -1.43. The summed E-state index contributed by atoms with van der Waals surface area (Å²) in [5.74, 6) is -2.98. The van der Waals surface area contributed by atoms with E-state index in [4.69, 9.17) is 27.9 Å². The Morgan fingerprint density at radius 2 is 2.06 bits per heavy atom. The van der Waals surface area contributed by atoms with Gasteiger partial charge in [-0.2, -0.15) is 0 Å². The lowest BCUT2D eigenvalue weighted by atomic mass is 9.88. The number of esters is 1. The first kappa shape index (κ1) is 23.2. The number of carboxylic acids is 1. The van der Waals surface area contributed by atoms with Gasteiger partial charge >= 0.3 is 11.9 Å². The molecule has 0 saturated carbocycles. The second kappa shape index (κ2) is 8.97. The SMILES string of the molecule is CC(=O)OCC1(C(=O)O)CS[C@@H]2C(NC(=O)C(=C(Cl)Cl)c3cccc(O)c3)C(=O)N2C1. The number of carbonyl (C=O) groups excluding carboxylic acids is 3. The predicted octanol–water partition coefficient (Wildman–Crippen LogP) is 1.57. The van der Waals surface area contributed by atoms with Crippen molar-refractivity contribution in [2.75, 3.05) is 18.9 Å². The largest absolute Gasteiger partial charge is 0.508 e. The zero-order valence-electron chi connectivity index (χ0n) is 16.1. The van der Waals surface area contributed by atoms with Crippen molar-refractivity contribution in [1.82, 2.24) is 10.2 Å². The number of hydrogen-bond donors (Lipinski definition) is 3. The molecule has 1 aromatic carbocycles. The zero-order chi connectivity index (χ0) is 22.9. The number of hydrogen-bond acceptors (Lipinski definition) is 7. The number of amides is 2. The van der Waals surface area contributed by atoms with Crippen LogP contribution < -0.4 is 5.32 Å². The molecule has 12 heteroatoms. The van der Waals surface area contributed by atoms with Crippen LogP contribution in [0.2, 0.25) is 0 Å². The molecule has 3 rings (SSSR count). The summed E-state index contributed by atoms with van der Waals surface area (Å²) in [6.07, 6.45) is 0. The van der Waals surface area contributed by atoms with E-state index < -0.39 is 40.6 Å². The number of β-lactam (4-membered cyclic amide) rings is 1. The smallest absolute Gasteiger partial charge is 0.315 e. The van der Waals surface area contributed by atoms with Crippen LogP contribution in [-0.2, 0) is 23.9 Å². The van der Waals surface area contributed by atoms with E-state index in [2.05, 4.69) is 5.32 Å². The number of phenolic OH excluding ortho intramolecular Hbond substituents is 1. The number of rotatable bonds is 6. The predicted molar refractivity (Wildman–Crippen MR) is 113 cm³/mol. The third-order valence-electron chi connectivity index (χ3n) is 4.99. The number of fused-ring (bicyclic) bond motifs is 1. The first-order valence-corrected chi connectivity index (χ1v) is 10.8. The molecule has 0 aliphatic carbocycles. The van der Waals surface area contributed by atoms with Crippen molar-refractivity contribution < 1.29 is 34.1 Å². The van der Waals surface area contributed by atoms with Crippen molar-refractivity contribution in [3.05, 3.63) is 34.3 Å². The molecule has 2 fully saturated rings. The molecular formula is C19H18Cl2N2O7S. The normalized spacial score (nSPS) is 24.5. The van der Waals surface area contributed by atoms with Crippen LogP contribution in [0, 0.1) is 5.41 Å². The maximum absolute atomic E-state index is 12.8. The fourth-order valence-electron chi connectivity index (χ4n) is 3.35. The van der Waals surface area contributed by atoms with Gasteiger partial charge < -0.3 is 25.2 Å². The Bertz CT molecular complexity index is 982. The van der Waals surface area contributed by atoms with Crippen LogP contribution in [0.1, 0.15) is 12.5 Å². The number of nitrogens with zero attached hydrogens (tertiary/aromatic N) is 1. The maximum Gasteiger partial charge on any atom is 0.315 e. The molecule has 31 heavy (non-hydrogen) atoms. The first-order valence-electron chi connectivity index (χ1n) is 9.00. The van der Waals surface area contributed by atoms with Crippen molar-refractivity contribution in [2.24, 2.45) is 5.41 Å². The Morgan fingerprint density at radius 1 is 1.35 bits per heavy atom. The van der Waals surface area contributed by atoms with E-state index in [9.17, 15) is 29.4 Å². The van der Waals surface area contributed by atoms with Gasteiger partial charge in [-0.25, -0.2) is 0 Å². The molecule has 2 unspecified atom stereocenters. The fraction of sp³-hybridized carbons (Fsp3) is 0.368. The van der Waals surface area contributed by atoms with Crippen LogP contribution in [0.3, 0.4) is 0 Å². The van der Waals surface area contributed by atoms with E-state index in [-0.39, 0.29) is 40.3 Å². The third-order valence-corrected chi connectivity index (χ3v) is 6.95. The molecule has 3 N–H and O–H groups in total. The second-order valence-electron chi connectivity index (χ2n) is 7.17. The van der Waals surface area contributed by atoms with Crippen molar-refractivity contribution in [3.8, 4) is 5.75 Å². The number of nitrogens with one attached hydrogen (secondary N) is 1. The number of aliphatic carboxylic acids is 1. The molecule has 0 aromatic heterocycles. The third kappa shape index (κ3) is 4.60. The van der Waals surface area contributed by atoms with Crippen LogP contribution in [0.25, 0.3) is 5.57 Å². The van der Waals surface area contributed by atoms with E-state index in [1.807, 2.05) is 0 Å². The molecule has 0 radical (unpaired) electrons. The number of benzene rings is 1. The maximum atomic E-state index is 12.8. The molecule has 2 aliphatic rings. The van der Waals surface area contributed by atoms with Crippen molar-refractivity contribution in [1.29, 1.82) is 0 Å². The van der Waals surface area contributed by atoms with Gasteiger partial charge in [-0.15, -0.1) is 11.8 Å². The van der Waals surface area contributed by atoms with Gasteiger partial charge in [-0.05, 0) is 17.7 Å². The second-order valence-corrected chi connectivity index (χ2v) is 9.22. The molecule has 2 amide bonds. The number of ether oxygens (including phenoxy) is 1. The highest BCUT2D eigenvalue weighted by Crippen LogP contribution is 2.42. The standard InChI is InChI=1S/C19H18Cl2N2O7S/c1-9(24)30-7-19(18(28)29)6-23-16(27)13(17(23)31-8-19)22-15(26)12(14(20)21)10-3-2-4-11(25)5-10/h2-5,13,17,25H,6-8H2,1H3,(H,22,26)(H,28,29)/t13?,17-,19?/m1/s1. The molecular weight excluding hydrogens is 471 g/mol. The summed E-state index contributed by atoms with van der Waals surface area (Å²) in [5, 5.41) is 21.4. The van der Waals surface area contributed by atoms with Gasteiger partial charge in [-0.1, -0.05) is 35.3 Å². The average molecular weight is 489 g/mol. The van der Waals surface area contributed by atoms with Crippen molar-refractivity contribution in [2.45, 2.75) is 18.3 Å². The van der Waals surface area contributed by atoms with Crippen LogP contribution in [0.15, 0.2) is 28.8 Å². The molecule has 9 nitrogen and oxygen atoms in total. The number of aromatic hydroxyl groups is 1. The molecule has 0 bridgehead atoms. The molecule has 0 spiro atoms. The summed E-state index contributed by atoms with van der Waals surface area (Å²) >= 11 is 12.9. The molecule has 2 saturated heterocycles. The van der Waals surface area contributed by atoms with Gasteiger partial charge in [0.25, 0.3) is 5.91 Å². The van der Waals surface area contributed by atoms with Gasteiger partial charge in [0.15, 0.2) is 0 Å². The average Bonchev–Trinajstić information content (AvgIpc) is 2.70. The zero-order valence-corrected chi connectivity index (χ0v) is 18.5. The summed E-state index contributed by atoms with van der Waals surface area (Å²) in [7, 11) is 0. The Morgan fingerprint density at radius 3 is 2.65 bits per heavy atom. The summed E-state index contributed by atoms with van der Waals surface area (Å²) in [4.78, 5) is 49.7. The summed E-state index contributed by atoms with van der Waals surface area (Å²) in [6.45, 7) is 0.669. The summed E-state index contributed by atoms with van der Waals surface area (Å²) in [6, 6.07) is 4.85. The van der Waals surface area contributed by atoms with Crippen LogP contribution in [-0.4, -0.2) is 69.2 Å². The van der Waals surface area contributed by atoms with Gasteiger partial charge in [0.05, 0.1) is 5.57 Å². The summed E-state index contributed by atoms with van der Waals surface area (Å²) in [5.41, 5.74) is -1.27. The lowest BCUT2D eigenvalue weighted by Gasteiger charge is -2.53. The quantitative estimate of drug-likeness (QED) is 0.312. The highest BCUT2D eigenvalue weighted by atomic mass is 35.5. The highest BCUT2D eigenvalue weighted by molar-refractivity contribution is 8.00. The topological polar surface area (TPSA) is 133 Å². The van der Waals surface area contributed by atoms with E-state index >= 15 is 0 Å². The fourth-order valence-corrected chi connectivity index (χ4v) is 5.26. The minimum absolute atomic E-state index is 0.0853. The Kier molecular flexibility index (Phi) is 6.73. The molecule has 2 aliphatic heterocycles. The van der Waals surface area contributed by atoms with Gasteiger partial charge in [-0.3, -0.25) is 19.2 Å². The van der Waals surface area contributed by atoms with Crippen LogP contribution in [0.4, 0.5) is 0 Å². The number of thioether (sulfide) groups is 1. The van der Waals surface area contributed by atoms with Crippen molar-refractivity contribution >= 4 is 64.3 Å². The van der Waals surface area contributed by atoms with Gasteiger partial charge in [0.2, 0.25) is 5.91 Å². The highest BCUT2D eigenvalue weighted by Gasteiger charge is 2.58. The number of carbonyl (C=O) groups is 4. The number of phenols is 1. The molecule has 166 valence electrons. The van der Waals surface area contributed by atoms with E-state index in [1.165, 1.54) is 47.9 Å². The number of halogens is 2. The summed E-state index contributed by atoms with van der Waals surface area (Å²) < 4.78 is 4.56. The minimum Gasteiger partial charge on any atom is -0.508 e. The van der Waals surface area contributed by atoms with Gasteiger partial charge in [0, 0.05) is 19.2 Å². The van der Waals surface area contributed by atoms with E-state index in [0.717, 1.165) is 0 Å². The first-order chi connectivity index (χ1) is 14.6. The monoisotopic (exact) mass is 488 g/mol. The van der Waals surface area contributed by atoms with E-state index in [0.29, 0.717) is 0 Å². The Labute approximate surface area is 191 Å². The Balaban J connectivity index is 1.73. The lowest BCUT2D eigenvalue weighted by Crippen LogP contribution is -2.74. The molecule has 1 aromatic rings. The van der Waals surface area contributed by atoms with Crippen LogP contribution >= 0.6 is 35.0 Å². The van der Waals surface area contributed by atoms with E-state index in [1.54, 1.807) is 0 Å². The van der Waals surface area contributed by atoms with Crippen LogP contribution in [0.5, 0.6) is 5.75 Å². The molecule has 3 atom stereocenters. The molecule has 2 heterocycles. The van der Waals surface area contributed by atoms with Crippen molar-refractivity contribution in [3.63, 3.8) is 0 Å².